The molecule has 0 fully saturated rings. The number of carboxylic acid groups (broad SMARTS) is 1. The van der Waals surface area contributed by atoms with E-state index >= 15 is 0 Å². The summed E-state index contributed by atoms with van der Waals surface area (Å²) < 4.78 is 0. The number of aliphatic carboxylic acids is 1. The van der Waals surface area contributed by atoms with E-state index in [0.717, 1.165) is 17.7 Å². The lowest BCUT2D eigenvalue weighted by atomic mass is 9.71. The summed E-state index contributed by atoms with van der Waals surface area (Å²) in [5.74, 6) is -1.16. The second-order valence-corrected chi connectivity index (χ2v) is 19.7. The van der Waals surface area contributed by atoms with Crippen molar-refractivity contribution in [2.45, 2.75) is 167 Å². The van der Waals surface area contributed by atoms with Gasteiger partial charge in [0.2, 0.25) is 0 Å². The number of hydrogen-bond acceptors (Lipinski definition) is 6. The topological polar surface area (TPSA) is 61.1 Å². The molecule has 4 aromatic rings. The molecule has 2 aliphatic rings. The molecular formula is C46H59NO2S4. The van der Waals surface area contributed by atoms with Gasteiger partial charge in [0.15, 0.2) is 0 Å². The molecule has 2 aliphatic carbocycles. The second kappa shape index (κ2) is 18.4. The standard InChI is InChI=1S/C46H59NO2S4/c1-5-9-13-17-22-45(23-18-14-10-6-2)34-21-26-50-40(34)41-36(45)29-38(52-41)39-30-37-43(53-39)42-35(28-33(51-42)27-32(31-47)44(48)49)46(37,24-19-15-11-7-3)25-20-16-12-8-4/h21,26-30H,5-20,22-25H2,1-4H3,(H,48,49)/b32-27+. The highest BCUT2D eigenvalue weighted by Gasteiger charge is 2.47. The molecule has 0 spiro atoms. The first-order chi connectivity index (χ1) is 25.9. The number of fused-ring (bicyclic) bond motifs is 6. The Morgan fingerprint density at radius 2 is 1.06 bits per heavy atom. The molecule has 0 radical (unpaired) electrons. The first kappa shape index (κ1) is 40.2. The summed E-state index contributed by atoms with van der Waals surface area (Å²) in [5, 5.41) is 21.7. The van der Waals surface area contributed by atoms with Crippen molar-refractivity contribution in [2.75, 3.05) is 0 Å². The molecule has 0 amide bonds. The van der Waals surface area contributed by atoms with E-state index in [0.29, 0.717) is 0 Å². The summed E-state index contributed by atoms with van der Waals surface area (Å²) in [7, 11) is 0. The van der Waals surface area contributed by atoms with Gasteiger partial charge in [-0.2, -0.15) is 5.26 Å². The van der Waals surface area contributed by atoms with Crippen LogP contribution in [-0.4, -0.2) is 11.1 Å². The van der Waals surface area contributed by atoms with Crippen molar-refractivity contribution in [3.8, 4) is 35.3 Å². The predicted octanol–water partition coefficient (Wildman–Crippen LogP) is 16.0. The lowest BCUT2D eigenvalue weighted by molar-refractivity contribution is -0.132. The highest BCUT2D eigenvalue weighted by atomic mass is 32.1. The van der Waals surface area contributed by atoms with Gasteiger partial charge >= 0.3 is 5.97 Å². The molecule has 4 aromatic heterocycles. The van der Waals surface area contributed by atoms with Gasteiger partial charge in [-0.3, -0.25) is 0 Å². The fourth-order valence-electron chi connectivity index (χ4n) is 9.26. The number of hydrogen-bond donors (Lipinski definition) is 1. The molecular weight excluding hydrogens is 727 g/mol. The van der Waals surface area contributed by atoms with Crippen LogP contribution in [0.15, 0.2) is 35.2 Å². The van der Waals surface area contributed by atoms with Crippen LogP contribution in [0.25, 0.3) is 35.3 Å². The number of thiophene rings is 4. The highest BCUT2D eigenvalue weighted by molar-refractivity contribution is 7.29. The highest BCUT2D eigenvalue weighted by Crippen LogP contribution is 2.64. The predicted molar refractivity (Wildman–Crippen MR) is 232 cm³/mol. The minimum absolute atomic E-state index is 0.0667. The smallest absolute Gasteiger partial charge is 0.346 e. The number of carbonyl (C=O) groups is 1. The maximum absolute atomic E-state index is 11.9. The molecule has 0 aliphatic heterocycles. The fraction of sp³-hybridized carbons (Fsp3) is 0.565. The summed E-state index contributed by atoms with van der Waals surface area (Å²) in [6.07, 6.45) is 26.6. The van der Waals surface area contributed by atoms with E-state index in [1.54, 1.807) is 28.5 Å². The number of unbranched alkanes of at least 4 members (excludes halogenated alkanes) is 12. The summed E-state index contributed by atoms with van der Waals surface area (Å²) in [4.78, 5) is 21.3. The quantitative estimate of drug-likeness (QED) is 0.0463. The van der Waals surface area contributed by atoms with Crippen LogP contribution < -0.4 is 0 Å². The van der Waals surface area contributed by atoms with Crippen LogP contribution in [0.2, 0.25) is 0 Å². The third-order valence-corrected chi connectivity index (χ3v) is 16.9. The summed E-state index contributed by atoms with van der Waals surface area (Å²) >= 11 is 7.64. The molecule has 0 unspecified atom stereocenters. The molecule has 0 aromatic carbocycles. The minimum atomic E-state index is -1.16. The van der Waals surface area contributed by atoms with Crippen LogP contribution in [-0.2, 0) is 15.6 Å². The molecule has 4 heterocycles. The number of rotatable bonds is 23. The zero-order valence-electron chi connectivity index (χ0n) is 32.5. The largest absolute Gasteiger partial charge is 0.477 e. The van der Waals surface area contributed by atoms with Gasteiger partial charge in [0.1, 0.15) is 11.6 Å². The van der Waals surface area contributed by atoms with Gasteiger partial charge in [0.25, 0.3) is 0 Å². The summed E-state index contributed by atoms with van der Waals surface area (Å²) in [5.41, 5.74) is 5.98. The lowest BCUT2D eigenvalue weighted by Gasteiger charge is -2.32. The van der Waals surface area contributed by atoms with Gasteiger partial charge in [-0.15, -0.1) is 45.3 Å². The van der Waals surface area contributed by atoms with Crippen molar-refractivity contribution in [1.82, 2.24) is 0 Å². The Bertz CT molecular complexity index is 1880. The first-order valence-electron chi connectivity index (χ1n) is 20.7. The maximum atomic E-state index is 11.9. The summed E-state index contributed by atoms with van der Waals surface area (Å²) in [6.45, 7) is 9.20. The van der Waals surface area contributed by atoms with E-state index in [-0.39, 0.29) is 16.4 Å². The SMILES string of the molecule is CCCCCCC1(CCCCCC)c2ccsc2-c2sc(-c3cc4c(s3)-c3sc(/C=C(\C#N)C(=O)O)cc3C4(CCCCCC)CCCCCC)cc21. The van der Waals surface area contributed by atoms with Crippen molar-refractivity contribution in [3.63, 3.8) is 0 Å². The monoisotopic (exact) mass is 785 g/mol. The Labute approximate surface area is 335 Å². The molecule has 6 rings (SSSR count). The maximum Gasteiger partial charge on any atom is 0.346 e. The average Bonchev–Trinajstić information content (AvgIpc) is 4.00. The lowest BCUT2D eigenvalue weighted by Crippen LogP contribution is -2.25. The number of nitrogens with zero attached hydrogens (tertiary/aromatic N) is 1. The van der Waals surface area contributed by atoms with Crippen molar-refractivity contribution in [3.05, 3.63) is 62.3 Å². The van der Waals surface area contributed by atoms with E-state index in [1.807, 2.05) is 40.1 Å². The van der Waals surface area contributed by atoms with Crippen molar-refractivity contribution < 1.29 is 9.90 Å². The van der Waals surface area contributed by atoms with Crippen LogP contribution in [0, 0.1) is 11.3 Å². The number of carboxylic acids is 1. The van der Waals surface area contributed by atoms with Crippen LogP contribution in [0.1, 0.15) is 183 Å². The summed E-state index contributed by atoms with van der Waals surface area (Å²) in [6, 6.07) is 11.8. The van der Waals surface area contributed by atoms with Crippen molar-refractivity contribution in [2.24, 2.45) is 0 Å². The molecule has 0 saturated carbocycles. The van der Waals surface area contributed by atoms with E-state index in [1.165, 1.54) is 156 Å². The van der Waals surface area contributed by atoms with Crippen molar-refractivity contribution >= 4 is 57.4 Å². The molecule has 7 heteroatoms. The molecule has 3 nitrogen and oxygen atoms in total. The van der Waals surface area contributed by atoms with E-state index in [4.69, 9.17) is 0 Å². The third kappa shape index (κ3) is 8.09. The zero-order chi connectivity index (χ0) is 37.4. The first-order valence-corrected chi connectivity index (χ1v) is 24.1. The minimum Gasteiger partial charge on any atom is -0.477 e. The van der Waals surface area contributed by atoms with E-state index in [2.05, 4.69) is 57.3 Å². The molecule has 0 bridgehead atoms. The molecule has 53 heavy (non-hydrogen) atoms. The van der Waals surface area contributed by atoms with Gasteiger partial charge in [0.05, 0.1) is 0 Å². The molecule has 0 saturated heterocycles. The van der Waals surface area contributed by atoms with Crippen LogP contribution >= 0.6 is 45.3 Å². The Balaban J connectivity index is 1.45. The fourth-order valence-corrected chi connectivity index (χ4v) is 14.4. The van der Waals surface area contributed by atoms with Gasteiger partial charge in [-0.05, 0) is 83.7 Å². The third-order valence-electron chi connectivity index (χ3n) is 12.1. The molecule has 1 N–H and O–H groups in total. The van der Waals surface area contributed by atoms with E-state index < -0.39 is 5.97 Å². The van der Waals surface area contributed by atoms with Crippen molar-refractivity contribution in [1.29, 1.82) is 5.26 Å². The molecule has 0 atom stereocenters. The van der Waals surface area contributed by atoms with Gasteiger partial charge in [-0.25, -0.2) is 4.79 Å². The second-order valence-electron chi connectivity index (χ2n) is 15.6. The van der Waals surface area contributed by atoms with E-state index in [9.17, 15) is 15.2 Å². The zero-order valence-corrected chi connectivity index (χ0v) is 35.8. The Morgan fingerprint density at radius 3 is 1.51 bits per heavy atom. The average molecular weight is 786 g/mol. The van der Waals surface area contributed by atoms with Crippen LogP contribution in [0.4, 0.5) is 0 Å². The van der Waals surface area contributed by atoms with Gasteiger partial charge in [-0.1, -0.05) is 130 Å². The Hall–Kier alpha value is -2.50. The normalized spacial score (nSPS) is 15.0. The van der Waals surface area contributed by atoms with Gasteiger partial charge < -0.3 is 5.11 Å². The van der Waals surface area contributed by atoms with Crippen LogP contribution in [0.3, 0.4) is 0 Å². The van der Waals surface area contributed by atoms with Gasteiger partial charge in [0, 0.05) is 45.0 Å². The Kier molecular flexibility index (Phi) is 14.0. The number of nitriles is 1. The van der Waals surface area contributed by atoms with Crippen LogP contribution in [0.5, 0.6) is 0 Å². The Morgan fingerprint density at radius 1 is 0.623 bits per heavy atom. The molecule has 284 valence electrons.